The lowest BCUT2D eigenvalue weighted by atomic mass is 9.99. The lowest BCUT2D eigenvalue weighted by molar-refractivity contribution is 0.104. The first kappa shape index (κ1) is 24.2. The number of rotatable bonds is 2. The van der Waals surface area contributed by atoms with Gasteiger partial charge in [0.25, 0.3) is 0 Å². The Morgan fingerprint density at radius 2 is 1.69 bits per heavy atom. The second-order valence-corrected chi connectivity index (χ2v) is 9.72. The number of nitriles is 2. The molecule has 0 aliphatic heterocycles. The number of hydrogen-bond donors (Lipinski definition) is 0. The Morgan fingerprint density at radius 3 is 2.33 bits per heavy atom. The number of furan rings is 1. The summed E-state index contributed by atoms with van der Waals surface area (Å²) in [6.45, 7) is 0. The van der Waals surface area contributed by atoms with E-state index in [9.17, 15) is 24.1 Å². The van der Waals surface area contributed by atoms with E-state index in [1.54, 1.807) is 41.9 Å². The highest BCUT2D eigenvalue weighted by Crippen LogP contribution is 2.40. The SMILES string of the molecule is Cn1c(-c2c(P)c(F)c(F)c(P)c2P)nc2oc(/C=C3\C(=O)c4ccccc4C3=C(C#N)C#N)cc21. The topological polar surface area (TPSA) is 95.6 Å². The van der Waals surface area contributed by atoms with Gasteiger partial charge in [-0.1, -0.05) is 24.3 Å². The second kappa shape index (κ2) is 8.85. The average molecular weight is 534 g/mol. The number of aryl methyl sites for hydroxylation is 1. The van der Waals surface area contributed by atoms with Gasteiger partial charge in [0, 0.05) is 46.0 Å². The maximum absolute atomic E-state index is 14.5. The van der Waals surface area contributed by atoms with E-state index in [0.29, 0.717) is 33.3 Å². The van der Waals surface area contributed by atoms with Crippen molar-refractivity contribution in [2.24, 2.45) is 7.05 Å². The summed E-state index contributed by atoms with van der Waals surface area (Å²) in [6.07, 6.45) is 1.48. The third-order valence-corrected chi connectivity index (χ3v) is 8.07. The summed E-state index contributed by atoms with van der Waals surface area (Å²) in [4.78, 5) is 17.6. The van der Waals surface area contributed by atoms with Gasteiger partial charge in [-0.25, -0.2) is 8.78 Å². The Kier molecular flexibility index (Phi) is 5.94. The van der Waals surface area contributed by atoms with Crippen LogP contribution in [-0.4, -0.2) is 15.3 Å². The van der Waals surface area contributed by atoms with Crippen LogP contribution in [0, 0.1) is 34.3 Å². The van der Waals surface area contributed by atoms with Crippen LogP contribution in [-0.2, 0) is 7.05 Å². The molecule has 36 heavy (non-hydrogen) atoms. The Morgan fingerprint density at radius 1 is 1.06 bits per heavy atom. The van der Waals surface area contributed by atoms with Crippen LogP contribution < -0.4 is 15.9 Å². The molecule has 0 saturated heterocycles. The standard InChI is InChI=1S/C25H15F2N4O2P3/c1-31-15-7-11(6-14-16(10(8-28)9-29)12-4-2-3-5-13(12)20(14)32)33-25(15)30-24(31)17-21(34)18(26)19(27)23(36)22(17)35/h2-7H,34-36H2,1H3/b14-6-. The molecule has 0 spiro atoms. The molecule has 2 heterocycles. The van der Waals surface area contributed by atoms with Gasteiger partial charge in [0.05, 0.1) is 0 Å². The number of aromatic nitrogens is 2. The summed E-state index contributed by atoms with van der Waals surface area (Å²) >= 11 is 0. The van der Waals surface area contributed by atoms with Crippen molar-refractivity contribution in [1.82, 2.24) is 9.55 Å². The predicted molar refractivity (Wildman–Crippen MR) is 143 cm³/mol. The lowest BCUT2D eigenvalue weighted by Crippen LogP contribution is -2.28. The number of imidazole rings is 1. The number of halogens is 2. The van der Waals surface area contributed by atoms with Crippen molar-refractivity contribution in [3.63, 3.8) is 0 Å². The van der Waals surface area contributed by atoms with Crippen LogP contribution in [0.2, 0.25) is 0 Å². The van der Waals surface area contributed by atoms with Crippen LogP contribution in [0.25, 0.3) is 34.3 Å². The van der Waals surface area contributed by atoms with Gasteiger partial charge < -0.3 is 8.98 Å². The zero-order valence-corrected chi connectivity index (χ0v) is 22.0. The Hall–Kier alpha value is -3.53. The summed E-state index contributed by atoms with van der Waals surface area (Å²) in [5.74, 6) is -1.62. The van der Waals surface area contributed by atoms with Gasteiger partial charge >= 0.3 is 0 Å². The van der Waals surface area contributed by atoms with E-state index < -0.39 is 11.6 Å². The van der Waals surface area contributed by atoms with Gasteiger partial charge in [-0.05, 0) is 16.9 Å². The van der Waals surface area contributed by atoms with Crippen LogP contribution in [0.3, 0.4) is 0 Å². The first-order valence-electron chi connectivity index (χ1n) is 10.4. The van der Waals surface area contributed by atoms with Crippen LogP contribution in [0.1, 0.15) is 21.7 Å². The van der Waals surface area contributed by atoms with E-state index in [1.807, 2.05) is 12.1 Å². The zero-order chi connectivity index (χ0) is 25.9. The van der Waals surface area contributed by atoms with Crippen molar-refractivity contribution in [1.29, 1.82) is 10.5 Å². The van der Waals surface area contributed by atoms with Crippen molar-refractivity contribution >= 4 is 72.3 Å². The molecule has 1 aliphatic carbocycles. The number of nitrogens with zero attached hydrogens (tertiary/aromatic N) is 4. The van der Waals surface area contributed by atoms with E-state index >= 15 is 0 Å². The predicted octanol–water partition coefficient (Wildman–Crippen LogP) is 3.69. The summed E-state index contributed by atoms with van der Waals surface area (Å²) in [6, 6.07) is 12.1. The van der Waals surface area contributed by atoms with Gasteiger partial charge in [0.15, 0.2) is 17.4 Å². The van der Waals surface area contributed by atoms with E-state index in [1.165, 1.54) is 6.08 Å². The zero-order valence-electron chi connectivity index (χ0n) is 18.6. The van der Waals surface area contributed by atoms with Crippen molar-refractivity contribution in [3.8, 4) is 23.5 Å². The Labute approximate surface area is 210 Å². The van der Waals surface area contributed by atoms with E-state index in [-0.39, 0.29) is 44.6 Å². The lowest BCUT2D eigenvalue weighted by Gasteiger charge is -2.14. The van der Waals surface area contributed by atoms with Crippen LogP contribution in [0.5, 0.6) is 0 Å². The summed E-state index contributed by atoms with van der Waals surface area (Å²) in [5, 5.41) is 19.5. The van der Waals surface area contributed by atoms with Crippen LogP contribution in [0.15, 0.2) is 45.9 Å². The largest absolute Gasteiger partial charge is 0.437 e. The maximum Gasteiger partial charge on any atom is 0.245 e. The number of ketones is 1. The molecule has 1 aliphatic rings. The molecule has 6 nitrogen and oxygen atoms in total. The molecule has 0 radical (unpaired) electrons. The second-order valence-electron chi connectivity index (χ2n) is 7.98. The number of hydrogen-bond acceptors (Lipinski definition) is 5. The minimum atomic E-state index is -0.985. The summed E-state index contributed by atoms with van der Waals surface area (Å²) in [5.41, 5.74) is 2.31. The molecule has 4 aromatic rings. The molecule has 0 saturated carbocycles. The Balaban J connectivity index is 1.67. The van der Waals surface area contributed by atoms with Crippen LogP contribution >= 0.6 is 27.7 Å². The first-order chi connectivity index (χ1) is 17.2. The third-order valence-electron chi connectivity index (χ3n) is 6.03. The fourth-order valence-corrected chi connectivity index (χ4v) is 5.52. The van der Waals surface area contributed by atoms with Gasteiger partial charge in [-0.3, -0.25) is 4.79 Å². The first-order valence-corrected chi connectivity index (χ1v) is 12.1. The molecular formula is C25H15F2N4O2P3. The minimum absolute atomic E-state index is 0.0337. The Bertz CT molecular complexity index is 1760. The van der Waals surface area contributed by atoms with Gasteiger partial charge in [0.1, 0.15) is 34.8 Å². The highest BCUT2D eigenvalue weighted by molar-refractivity contribution is 7.37. The average Bonchev–Trinajstić information content (AvgIpc) is 3.50. The molecule has 3 unspecified atom stereocenters. The minimum Gasteiger partial charge on any atom is -0.437 e. The molecule has 2 aromatic carbocycles. The van der Waals surface area contributed by atoms with Gasteiger partial charge in [0.2, 0.25) is 5.71 Å². The highest BCUT2D eigenvalue weighted by atomic mass is 31.0. The van der Waals surface area contributed by atoms with E-state index in [0.717, 1.165) is 0 Å². The number of carbonyl (C=O) groups excluding carboxylic acids is 1. The highest BCUT2D eigenvalue weighted by Gasteiger charge is 2.33. The van der Waals surface area contributed by atoms with Gasteiger partial charge in [-0.2, -0.15) is 15.5 Å². The number of carbonyl (C=O) groups is 1. The normalized spacial score (nSPS) is 13.8. The van der Waals surface area contributed by atoms with Crippen molar-refractivity contribution in [3.05, 3.63) is 70.0 Å². The number of allylic oxidation sites excluding steroid dienone is 3. The van der Waals surface area contributed by atoms with E-state index in [4.69, 9.17) is 4.42 Å². The van der Waals surface area contributed by atoms with Crippen molar-refractivity contribution in [2.45, 2.75) is 0 Å². The number of Topliss-reactive ketones (excluding diaryl/α,β-unsaturated/α-hetero) is 1. The fourth-order valence-electron chi connectivity index (χ4n) is 4.26. The quantitative estimate of drug-likeness (QED) is 0.222. The number of benzene rings is 2. The summed E-state index contributed by atoms with van der Waals surface area (Å²) in [7, 11) is 8.54. The van der Waals surface area contributed by atoms with Crippen molar-refractivity contribution in [2.75, 3.05) is 0 Å². The number of fused-ring (bicyclic) bond motifs is 2. The fraction of sp³-hybridized carbons (Fsp3) is 0.0400. The van der Waals surface area contributed by atoms with E-state index in [2.05, 4.69) is 32.7 Å². The molecule has 0 amide bonds. The molecule has 11 heteroatoms. The molecular weight excluding hydrogens is 519 g/mol. The van der Waals surface area contributed by atoms with Crippen LogP contribution in [0.4, 0.5) is 8.78 Å². The molecule has 5 rings (SSSR count). The molecule has 176 valence electrons. The molecule has 2 aromatic heterocycles. The maximum atomic E-state index is 14.5. The van der Waals surface area contributed by atoms with Gasteiger partial charge in [-0.15, -0.1) is 27.7 Å². The summed E-state index contributed by atoms with van der Waals surface area (Å²) < 4.78 is 36.2. The molecule has 0 N–H and O–H groups in total. The third kappa shape index (κ3) is 3.46. The smallest absolute Gasteiger partial charge is 0.245 e. The molecule has 0 bridgehead atoms. The monoisotopic (exact) mass is 534 g/mol. The molecule has 3 atom stereocenters. The molecule has 0 fully saturated rings. The van der Waals surface area contributed by atoms with Crippen molar-refractivity contribution < 1.29 is 18.0 Å².